The molecule has 108 valence electrons. The number of nitrogens with one attached hydrogen (secondary N) is 1. The van der Waals surface area contributed by atoms with Crippen molar-refractivity contribution >= 4 is 27.4 Å². The molecule has 0 radical (unpaired) electrons. The molecule has 1 unspecified atom stereocenters. The summed E-state index contributed by atoms with van der Waals surface area (Å²) < 4.78 is 5.58. The monoisotopic (exact) mass is 291 g/mol. The smallest absolute Gasteiger partial charge is 0.138 e. The minimum Gasteiger partial charge on any atom is -0.381 e. The van der Waals surface area contributed by atoms with Gasteiger partial charge in [-0.3, -0.25) is 0 Å². The SMILES string of the molecule is CCNc1nc(C2CCCOC2)nc2sc(CC)cc12. The van der Waals surface area contributed by atoms with Crippen LogP contribution in [0.1, 0.15) is 43.3 Å². The fourth-order valence-corrected chi connectivity index (χ4v) is 3.57. The van der Waals surface area contributed by atoms with Crippen molar-refractivity contribution in [2.24, 2.45) is 0 Å². The molecule has 3 heterocycles. The number of thiophene rings is 1. The molecule has 0 aliphatic carbocycles. The topological polar surface area (TPSA) is 47.0 Å². The minimum atomic E-state index is 0.345. The molecule has 1 fully saturated rings. The zero-order chi connectivity index (χ0) is 13.9. The summed E-state index contributed by atoms with van der Waals surface area (Å²) in [5.74, 6) is 2.27. The van der Waals surface area contributed by atoms with Crippen LogP contribution in [-0.2, 0) is 11.2 Å². The quantitative estimate of drug-likeness (QED) is 0.935. The number of aryl methyl sites for hydroxylation is 1. The first-order valence-corrected chi connectivity index (χ1v) is 8.25. The molecule has 1 aliphatic heterocycles. The van der Waals surface area contributed by atoms with Gasteiger partial charge in [-0.05, 0) is 32.3 Å². The number of hydrogen-bond acceptors (Lipinski definition) is 5. The summed E-state index contributed by atoms with van der Waals surface area (Å²) in [6.07, 6.45) is 3.28. The minimum absolute atomic E-state index is 0.345. The van der Waals surface area contributed by atoms with Crippen molar-refractivity contribution in [1.29, 1.82) is 0 Å². The third-order valence-electron chi connectivity index (χ3n) is 3.68. The van der Waals surface area contributed by atoms with Gasteiger partial charge in [0.2, 0.25) is 0 Å². The third-order valence-corrected chi connectivity index (χ3v) is 4.85. The second-order valence-corrected chi connectivity index (χ2v) is 6.28. The highest BCUT2D eigenvalue weighted by Crippen LogP contribution is 2.32. The highest BCUT2D eigenvalue weighted by Gasteiger charge is 2.21. The van der Waals surface area contributed by atoms with E-state index in [2.05, 4.69) is 25.2 Å². The summed E-state index contributed by atoms with van der Waals surface area (Å²) in [5, 5.41) is 4.54. The molecule has 0 amide bonds. The molecule has 4 nitrogen and oxygen atoms in total. The number of ether oxygens (including phenoxy) is 1. The maximum Gasteiger partial charge on any atom is 0.138 e. The molecule has 0 saturated carbocycles. The molecule has 1 atom stereocenters. The van der Waals surface area contributed by atoms with Gasteiger partial charge in [0.1, 0.15) is 16.5 Å². The van der Waals surface area contributed by atoms with Crippen LogP contribution in [0.4, 0.5) is 5.82 Å². The van der Waals surface area contributed by atoms with Gasteiger partial charge in [-0.1, -0.05) is 6.92 Å². The van der Waals surface area contributed by atoms with Crippen LogP contribution in [0.2, 0.25) is 0 Å². The maximum absolute atomic E-state index is 5.58. The summed E-state index contributed by atoms with van der Waals surface area (Å²) >= 11 is 1.78. The van der Waals surface area contributed by atoms with Crippen molar-refractivity contribution in [3.63, 3.8) is 0 Å². The first-order valence-electron chi connectivity index (χ1n) is 7.43. The molecular formula is C15H21N3OS. The van der Waals surface area contributed by atoms with Crippen molar-refractivity contribution < 1.29 is 4.74 Å². The van der Waals surface area contributed by atoms with Crippen molar-refractivity contribution in [3.8, 4) is 0 Å². The van der Waals surface area contributed by atoms with Gasteiger partial charge in [0.25, 0.3) is 0 Å². The fourth-order valence-electron chi connectivity index (χ4n) is 2.59. The van der Waals surface area contributed by atoms with Gasteiger partial charge in [-0.15, -0.1) is 11.3 Å². The summed E-state index contributed by atoms with van der Waals surface area (Å²) in [6, 6.07) is 2.22. The molecule has 1 aliphatic rings. The second-order valence-electron chi connectivity index (χ2n) is 5.16. The van der Waals surface area contributed by atoms with Crippen LogP contribution in [0.15, 0.2) is 6.07 Å². The van der Waals surface area contributed by atoms with Crippen LogP contribution in [0.25, 0.3) is 10.2 Å². The Bertz CT molecular complexity index is 590. The second kappa shape index (κ2) is 6.06. The number of anilines is 1. The van der Waals surface area contributed by atoms with E-state index in [9.17, 15) is 0 Å². The lowest BCUT2D eigenvalue weighted by Crippen LogP contribution is -2.18. The van der Waals surface area contributed by atoms with E-state index < -0.39 is 0 Å². The van der Waals surface area contributed by atoms with Crippen molar-refractivity contribution in [3.05, 3.63) is 16.8 Å². The molecule has 2 aromatic heterocycles. The normalized spacial score (nSPS) is 19.4. The predicted molar refractivity (Wildman–Crippen MR) is 83.8 cm³/mol. The Labute approximate surface area is 123 Å². The van der Waals surface area contributed by atoms with E-state index in [1.807, 2.05) is 0 Å². The van der Waals surface area contributed by atoms with Crippen molar-refractivity contribution in [1.82, 2.24) is 9.97 Å². The van der Waals surface area contributed by atoms with Crippen LogP contribution in [0.3, 0.4) is 0 Å². The lowest BCUT2D eigenvalue weighted by molar-refractivity contribution is 0.0782. The summed E-state index contributed by atoms with van der Waals surface area (Å²) in [4.78, 5) is 12.0. The van der Waals surface area contributed by atoms with E-state index in [4.69, 9.17) is 14.7 Å². The van der Waals surface area contributed by atoms with E-state index in [0.29, 0.717) is 5.92 Å². The molecule has 2 aromatic rings. The van der Waals surface area contributed by atoms with Gasteiger partial charge in [-0.25, -0.2) is 9.97 Å². The maximum atomic E-state index is 5.58. The Morgan fingerprint density at radius 1 is 1.40 bits per heavy atom. The lowest BCUT2D eigenvalue weighted by atomic mass is 10.0. The van der Waals surface area contributed by atoms with E-state index in [-0.39, 0.29) is 0 Å². The van der Waals surface area contributed by atoms with Crippen LogP contribution >= 0.6 is 11.3 Å². The van der Waals surface area contributed by atoms with Crippen LogP contribution in [-0.4, -0.2) is 29.7 Å². The Balaban J connectivity index is 2.03. The van der Waals surface area contributed by atoms with E-state index in [0.717, 1.165) is 60.9 Å². The molecule has 0 bridgehead atoms. The number of nitrogens with zero attached hydrogens (tertiary/aromatic N) is 2. The predicted octanol–water partition coefficient (Wildman–Crippen LogP) is 3.58. The van der Waals surface area contributed by atoms with Crippen LogP contribution in [0.5, 0.6) is 0 Å². The largest absolute Gasteiger partial charge is 0.381 e. The van der Waals surface area contributed by atoms with Gasteiger partial charge in [-0.2, -0.15) is 0 Å². The highest BCUT2D eigenvalue weighted by atomic mass is 32.1. The first-order chi connectivity index (χ1) is 9.81. The van der Waals surface area contributed by atoms with Crippen molar-refractivity contribution in [2.75, 3.05) is 25.1 Å². The molecule has 5 heteroatoms. The zero-order valence-corrected chi connectivity index (χ0v) is 12.9. The molecule has 0 aromatic carbocycles. The molecule has 3 rings (SSSR count). The average molecular weight is 291 g/mol. The Kier molecular flexibility index (Phi) is 4.17. The lowest BCUT2D eigenvalue weighted by Gasteiger charge is -2.21. The van der Waals surface area contributed by atoms with Crippen molar-refractivity contribution in [2.45, 2.75) is 39.0 Å². The van der Waals surface area contributed by atoms with Gasteiger partial charge in [0.05, 0.1) is 12.0 Å². The molecular weight excluding hydrogens is 270 g/mol. The van der Waals surface area contributed by atoms with Gasteiger partial charge in [0, 0.05) is 23.9 Å². The van der Waals surface area contributed by atoms with E-state index in [1.165, 1.54) is 4.88 Å². The van der Waals surface area contributed by atoms with E-state index >= 15 is 0 Å². The van der Waals surface area contributed by atoms with Gasteiger partial charge < -0.3 is 10.1 Å². The number of aromatic nitrogens is 2. The average Bonchev–Trinajstić information content (AvgIpc) is 2.92. The van der Waals surface area contributed by atoms with E-state index in [1.54, 1.807) is 11.3 Å². The Morgan fingerprint density at radius 3 is 3.00 bits per heavy atom. The van der Waals surface area contributed by atoms with Crippen LogP contribution in [0, 0.1) is 0 Å². The third kappa shape index (κ3) is 2.65. The highest BCUT2D eigenvalue weighted by molar-refractivity contribution is 7.18. The zero-order valence-electron chi connectivity index (χ0n) is 12.1. The Hall–Kier alpha value is -1.20. The standard InChI is InChI=1S/C15H21N3OS/c1-3-11-8-12-14(16-4-2)17-13(18-15(12)20-11)10-6-5-7-19-9-10/h8,10H,3-7,9H2,1-2H3,(H,16,17,18). The molecule has 0 spiro atoms. The first kappa shape index (κ1) is 13.8. The number of rotatable bonds is 4. The Morgan fingerprint density at radius 2 is 2.30 bits per heavy atom. The fraction of sp³-hybridized carbons (Fsp3) is 0.600. The summed E-state index contributed by atoms with van der Waals surface area (Å²) in [6.45, 7) is 6.79. The summed E-state index contributed by atoms with van der Waals surface area (Å²) in [5.41, 5.74) is 0. The number of hydrogen-bond donors (Lipinski definition) is 1. The van der Waals surface area contributed by atoms with Crippen LogP contribution < -0.4 is 5.32 Å². The van der Waals surface area contributed by atoms with Gasteiger partial charge >= 0.3 is 0 Å². The molecule has 20 heavy (non-hydrogen) atoms. The molecule has 1 N–H and O–H groups in total. The van der Waals surface area contributed by atoms with Gasteiger partial charge in [0.15, 0.2) is 0 Å². The summed E-state index contributed by atoms with van der Waals surface area (Å²) in [7, 11) is 0. The molecule has 1 saturated heterocycles. The number of fused-ring (bicyclic) bond motifs is 1.